The van der Waals surface area contributed by atoms with Crippen LogP contribution in [0.4, 0.5) is 13.2 Å². The van der Waals surface area contributed by atoms with Crippen molar-refractivity contribution in [2.45, 2.75) is 32.2 Å². The van der Waals surface area contributed by atoms with Crippen molar-refractivity contribution in [3.05, 3.63) is 11.4 Å². The molecule has 96 valence electrons. The smallest absolute Gasteiger partial charge is 0.416 e. The van der Waals surface area contributed by atoms with E-state index < -0.39 is 30.5 Å². The molecule has 0 aliphatic carbocycles. The third-order valence-electron chi connectivity index (χ3n) is 2.10. The predicted molar refractivity (Wildman–Crippen MR) is 48.4 cm³/mol. The van der Waals surface area contributed by atoms with Crippen LogP contribution in [0.15, 0.2) is 0 Å². The fraction of sp³-hybridized carbons (Fsp3) is 0.625. The minimum absolute atomic E-state index is 0.0424. The number of hydrogen-bond acceptors (Lipinski definition) is 4. The third-order valence-corrected chi connectivity index (χ3v) is 2.10. The van der Waals surface area contributed by atoms with E-state index >= 15 is 0 Å². The SMILES string of the molecule is CCc1c(C(=O)O)nnn1CC(O)C(F)(F)F. The highest BCUT2D eigenvalue weighted by Crippen LogP contribution is 2.21. The van der Waals surface area contributed by atoms with Crippen LogP contribution in [0.1, 0.15) is 23.1 Å². The zero-order valence-corrected chi connectivity index (χ0v) is 8.77. The van der Waals surface area contributed by atoms with E-state index in [1.54, 1.807) is 6.92 Å². The van der Waals surface area contributed by atoms with E-state index in [0.717, 1.165) is 4.68 Å². The maximum absolute atomic E-state index is 12.1. The molecule has 0 aromatic carbocycles. The molecule has 1 unspecified atom stereocenters. The van der Waals surface area contributed by atoms with Crippen LogP contribution in [0.2, 0.25) is 0 Å². The summed E-state index contributed by atoms with van der Waals surface area (Å²) in [5.41, 5.74) is -0.359. The molecule has 0 amide bonds. The lowest BCUT2D eigenvalue weighted by molar-refractivity contribution is -0.208. The van der Waals surface area contributed by atoms with Crippen LogP contribution < -0.4 is 0 Å². The number of hydrogen-bond donors (Lipinski definition) is 2. The molecular formula is C8H10F3N3O3. The molecule has 1 aromatic rings. The second-order valence-electron chi connectivity index (χ2n) is 3.28. The quantitative estimate of drug-likeness (QED) is 0.813. The van der Waals surface area contributed by atoms with Gasteiger partial charge in [0.25, 0.3) is 0 Å². The zero-order valence-electron chi connectivity index (χ0n) is 8.77. The number of halogens is 3. The second kappa shape index (κ2) is 4.70. The molecule has 1 atom stereocenters. The van der Waals surface area contributed by atoms with Gasteiger partial charge in [-0.05, 0) is 6.42 Å². The number of nitrogens with zero attached hydrogens (tertiary/aromatic N) is 3. The summed E-state index contributed by atoms with van der Waals surface area (Å²) in [7, 11) is 0. The van der Waals surface area contributed by atoms with Crippen LogP contribution >= 0.6 is 0 Å². The lowest BCUT2D eigenvalue weighted by Crippen LogP contribution is -2.33. The largest absolute Gasteiger partial charge is 0.476 e. The van der Waals surface area contributed by atoms with Gasteiger partial charge in [-0.3, -0.25) is 0 Å². The van der Waals surface area contributed by atoms with Crippen LogP contribution in [-0.2, 0) is 13.0 Å². The third kappa shape index (κ3) is 2.93. The van der Waals surface area contributed by atoms with Gasteiger partial charge < -0.3 is 10.2 Å². The van der Waals surface area contributed by atoms with Crippen LogP contribution in [0.3, 0.4) is 0 Å². The van der Waals surface area contributed by atoms with E-state index in [1.807, 2.05) is 0 Å². The first kappa shape index (κ1) is 13.4. The van der Waals surface area contributed by atoms with Crippen molar-refractivity contribution in [3.63, 3.8) is 0 Å². The zero-order chi connectivity index (χ0) is 13.2. The monoisotopic (exact) mass is 253 g/mol. The molecule has 1 heterocycles. The molecule has 1 rings (SSSR count). The number of aromatic nitrogens is 3. The normalized spacial score (nSPS) is 13.7. The highest BCUT2D eigenvalue weighted by molar-refractivity contribution is 5.86. The Morgan fingerprint density at radius 3 is 2.53 bits per heavy atom. The molecule has 17 heavy (non-hydrogen) atoms. The van der Waals surface area contributed by atoms with Crippen molar-refractivity contribution < 1.29 is 28.2 Å². The van der Waals surface area contributed by atoms with Crippen molar-refractivity contribution in [2.24, 2.45) is 0 Å². The van der Waals surface area contributed by atoms with E-state index in [-0.39, 0.29) is 12.1 Å². The lowest BCUT2D eigenvalue weighted by atomic mass is 10.2. The van der Waals surface area contributed by atoms with Gasteiger partial charge in [-0.15, -0.1) is 5.10 Å². The number of aromatic carboxylic acids is 1. The Balaban J connectivity index is 2.96. The van der Waals surface area contributed by atoms with E-state index in [2.05, 4.69) is 10.3 Å². The van der Waals surface area contributed by atoms with Gasteiger partial charge >= 0.3 is 12.1 Å². The number of aliphatic hydroxyl groups excluding tert-OH is 1. The van der Waals surface area contributed by atoms with Gasteiger partial charge in [-0.1, -0.05) is 12.1 Å². The van der Waals surface area contributed by atoms with Crippen LogP contribution in [0.25, 0.3) is 0 Å². The van der Waals surface area contributed by atoms with Crippen molar-refractivity contribution >= 4 is 5.97 Å². The Labute approximate surface area is 93.7 Å². The minimum Gasteiger partial charge on any atom is -0.476 e. The Kier molecular flexibility index (Phi) is 3.71. The summed E-state index contributed by atoms with van der Waals surface area (Å²) >= 11 is 0. The average molecular weight is 253 g/mol. The molecule has 1 aromatic heterocycles. The lowest BCUT2D eigenvalue weighted by Gasteiger charge is -2.15. The molecule has 0 fully saturated rings. The number of rotatable bonds is 4. The Morgan fingerprint density at radius 2 is 2.12 bits per heavy atom. The Hall–Kier alpha value is -1.64. The van der Waals surface area contributed by atoms with Crippen LogP contribution in [0.5, 0.6) is 0 Å². The summed E-state index contributed by atoms with van der Waals surface area (Å²) in [6, 6.07) is 0. The first-order valence-electron chi connectivity index (χ1n) is 4.67. The van der Waals surface area contributed by atoms with Gasteiger partial charge in [0.1, 0.15) is 0 Å². The van der Waals surface area contributed by atoms with Crippen LogP contribution in [-0.4, -0.2) is 43.5 Å². The number of carboxylic acid groups (broad SMARTS) is 1. The molecule has 0 bridgehead atoms. The highest BCUT2D eigenvalue weighted by Gasteiger charge is 2.39. The molecule has 0 spiro atoms. The molecule has 9 heteroatoms. The second-order valence-corrected chi connectivity index (χ2v) is 3.28. The molecule has 0 aliphatic rings. The topological polar surface area (TPSA) is 88.2 Å². The molecule has 0 saturated carbocycles. The molecule has 2 N–H and O–H groups in total. The summed E-state index contributed by atoms with van der Waals surface area (Å²) in [6.45, 7) is 0.689. The number of alkyl halides is 3. The van der Waals surface area contributed by atoms with Crippen molar-refractivity contribution in [1.82, 2.24) is 15.0 Å². The van der Waals surface area contributed by atoms with E-state index in [0.29, 0.717) is 0 Å². The standard InChI is InChI=1S/C8H10F3N3O3/c1-2-4-6(7(16)17)12-13-14(4)3-5(15)8(9,10)11/h5,15H,2-3H2,1H3,(H,16,17). The van der Waals surface area contributed by atoms with Gasteiger partial charge in [0, 0.05) is 0 Å². The van der Waals surface area contributed by atoms with Crippen molar-refractivity contribution in [1.29, 1.82) is 0 Å². The van der Waals surface area contributed by atoms with Crippen molar-refractivity contribution in [2.75, 3.05) is 0 Å². The fourth-order valence-electron chi connectivity index (χ4n) is 1.26. The summed E-state index contributed by atoms with van der Waals surface area (Å²) in [5.74, 6) is -1.37. The van der Waals surface area contributed by atoms with E-state index in [1.165, 1.54) is 0 Å². The number of carboxylic acids is 1. The van der Waals surface area contributed by atoms with Gasteiger partial charge in [-0.2, -0.15) is 13.2 Å². The first-order valence-corrected chi connectivity index (χ1v) is 4.67. The van der Waals surface area contributed by atoms with E-state index in [9.17, 15) is 18.0 Å². The number of carbonyl (C=O) groups is 1. The van der Waals surface area contributed by atoms with Crippen molar-refractivity contribution in [3.8, 4) is 0 Å². The molecular weight excluding hydrogens is 243 g/mol. The van der Waals surface area contributed by atoms with Gasteiger partial charge in [-0.25, -0.2) is 9.48 Å². The highest BCUT2D eigenvalue weighted by atomic mass is 19.4. The molecule has 0 aliphatic heterocycles. The average Bonchev–Trinajstić information content (AvgIpc) is 2.59. The maximum Gasteiger partial charge on any atom is 0.416 e. The molecule has 0 saturated heterocycles. The van der Waals surface area contributed by atoms with Gasteiger partial charge in [0.2, 0.25) is 0 Å². The van der Waals surface area contributed by atoms with Crippen LogP contribution in [0, 0.1) is 0 Å². The Bertz CT molecular complexity index is 416. The van der Waals surface area contributed by atoms with Gasteiger partial charge in [0.05, 0.1) is 12.2 Å². The number of aliphatic hydroxyl groups is 1. The Morgan fingerprint density at radius 1 is 1.53 bits per heavy atom. The summed E-state index contributed by atoms with van der Waals surface area (Å²) in [5, 5.41) is 24.1. The molecule has 6 nitrogen and oxygen atoms in total. The summed E-state index contributed by atoms with van der Waals surface area (Å²) in [4.78, 5) is 10.7. The summed E-state index contributed by atoms with van der Waals surface area (Å²) in [6.07, 6.45) is -7.23. The first-order chi connectivity index (χ1) is 7.77. The maximum atomic E-state index is 12.1. The fourth-order valence-corrected chi connectivity index (χ4v) is 1.26. The molecule has 0 radical (unpaired) electrons. The predicted octanol–water partition coefficient (Wildman–Crippen LogP) is 0.462. The van der Waals surface area contributed by atoms with E-state index in [4.69, 9.17) is 10.2 Å². The minimum atomic E-state index is -4.78. The van der Waals surface area contributed by atoms with Gasteiger partial charge in [0.15, 0.2) is 11.8 Å². The summed E-state index contributed by atoms with van der Waals surface area (Å²) < 4.78 is 37.1.